The van der Waals surface area contributed by atoms with Gasteiger partial charge in [-0.25, -0.2) is 13.2 Å². The molecule has 1 amide bonds. The molecule has 0 spiro atoms. The molecule has 7 heteroatoms. The second-order valence-corrected chi connectivity index (χ2v) is 7.05. The summed E-state index contributed by atoms with van der Waals surface area (Å²) in [5.74, 6) is -1.65. The number of hydrogen-bond donors (Lipinski definition) is 1. The van der Waals surface area contributed by atoms with Crippen LogP contribution in [0.1, 0.15) is 27.1 Å². The van der Waals surface area contributed by atoms with Gasteiger partial charge in [0.05, 0.1) is 22.6 Å². The van der Waals surface area contributed by atoms with Gasteiger partial charge in [0.15, 0.2) is 9.84 Å². The first-order chi connectivity index (χ1) is 9.32. The zero-order chi connectivity index (χ0) is 14.9. The molecule has 20 heavy (non-hydrogen) atoms. The Morgan fingerprint density at radius 3 is 2.35 bits per heavy atom. The van der Waals surface area contributed by atoms with Crippen LogP contribution >= 0.6 is 0 Å². The Kier molecular flexibility index (Phi) is 3.80. The lowest BCUT2D eigenvalue weighted by molar-refractivity contribution is 0.0673. The molecular formula is C13H15NO5S. The smallest absolute Gasteiger partial charge is 0.336 e. The summed E-state index contributed by atoms with van der Waals surface area (Å²) in [7, 11) is -1.59. The lowest BCUT2D eigenvalue weighted by Crippen LogP contribution is -2.38. The number of sulfone groups is 1. The van der Waals surface area contributed by atoms with Gasteiger partial charge in [-0.1, -0.05) is 12.1 Å². The van der Waals surface area contributed by atoms with Crippen LogP contribution in [0.15, 0.2) is 24.3 Å². The van der Waals surface area contributed by atoms with E-state index in [1.165, 1.54) is 24.1 Å². The average molecular weight is 297 g/mol. The van der Waals surface area contributed by atoms with Gasteiger partial charge >= 0.3 is 5.97 Å². The molecular weight excluding hydrogens is 282 g/mol. The number of carbonyl (C=O) groups excluding carboxylic acids is 1. The fraction of sp³-hybridized carbons (Fsp3) is 0.385. The van der Waals surface area contributed by atoms with Crippen molar-refractivity contribution in [3.05, 3.63) is 35.4 Å². The van der Waals surface area contributed by atoms with E-state index < -0.39 is 27.8 Å². The molecule has 1 heterocycles. The van der Waals surface area contributed by atoms with Crippen LogP contribution < -0.4 is 0 Å². The topological polar surface area (TPSA) is 91.8 Å². The van der Waals surface area contributed by atoms with Gasteiger partial charge in [0.2, 0.25) is 0 Å². The molecule has 0 aromatic heterocycles. The summed E-state index contributed by atoms with van der Waals surface area (Å²) < 4.78 is 22.9. The van der Waals surface area contributed by atoms with Crippen molar-refractivity contribution >= 4 is 21.7 Å². The third-order valence-corrected chi connectivity index (χ3v) is 5.21. The summed E-state index contributed by atoms with van der Waals surface area (Å²) in [6.45, 7) is 0. The number of carboxylic acid groups (broad SMARTS) is 1. The van der Waals surface area contributed by atoms with Crippen LogP contribution in [-0.2, 0) is 9.84 Å². The zero-order valence-electron chi connectivity index (χ0n) is 10.9. The van der Waals surface area contributed by atoms with E-state index in [9.17, 15) is 18.0 Å². The zero-order valence-corrected chi connectivity index (χ0v) is 11.8. The van der Waals surface area contributed by atoms with Gasteiger partial charge in [0, 0.05) is 13.1 Å². The van der Waals surface area contributed by atoms with E-state index in [0.29, 0.717) is 6.42 Å². The van der Waals surface area contributed by atoms with Crippen molar-refractivity contribution in [2.45, 2.75) is 12.5 Å². The summed E-state index contributed by atoms with van der Waals surface area (Å²) in [5.41, 5.74) is -0.00278. The van der Waals surface area contributed by atoms with E-state index in [2.05, 4.69) is 0 Å². The van der Waals surface area contributed by atoms with Crippen LogP contribution in [0.4, 0.5) is 0 Å². The van der Waals surface area contributed by atoms with E-state index in [1.54, 1.807) is 12.1 Å². The molecule has 2 rings (SSSR count). The molecule has 108 valence electrons. The summed E-state index contributed by atoms with van der Waals surface area (Å²) in [6.07, 6.45) is 0.389. The molecule has 0 radical (unpaired) electrons. The predicted molar refractivity (Wildman–Crippen MR) is 72.6 cm³/mol. The molecule has 0 saturated carbocycles. The SMILES string of the molecule is CN(C(=O)c1ccccc1C(=O)O)C1CCS(=O)(=O)C1. The van der Waals surface area contributed by atoms with Gasteiger partial charge in [0.1, 0.15) is 0 Å². The van der Waals surface area contributed by atoms with Gasteiger partial charge in [-0.05, 0) is 18.6 Å². The molecule has 0 aliphatic carbocycles. The van der Waals surface area contributed by atoms with Crippen molar-refractivity contribution in [3.63, 3.8) is 0 Å². The normalized spacial score (nSPS) is 20.6. The van der Waals surface area contributed by atoms with Crippen LogP contribution in [-0.4, -0.2) is 54.9 Å². The summed E-state index contributed by atoms with van der Waals surface area (Å²) in [6, 6.07) is 5.52. The minimum Gasteiger partial charge on any atom is -0.478 e. The maximum atomic E-state index is 12.3. The largest absolute Gasteiger partial charge is 0.478 e. The highest BCUT2D eigenvalue weighted by Crippen LogP contribution is 2.20. The fourth-order valence-electron chi connectivity index (χ4n) is 2.29. The Balaban J connectivity index is 2.26. The van der Waals surface area contributed by atoms with Crippen LogP contribution in [0.5, 0.6) is 0 Å². The molecule has 1 N–H and O–H groups in total. The highest BCUT2D eigenvalue weighted by Gasteiger charge is 2.33. The van der Waals surface area contributed by atoms with Crippen molar-refractivity contribution < 1.29 is 23.1 Å². The van der Waals surface area contributed by atoms with E-state index >= 15 is 0 Å². The number of rotatable bonds is 3. The van der Waals surface area contributed by atoms with Gasteiger partial charge in [-0.15, -0.1) is 0 Å². The van der Waals surface area contributed by atoms with E-state index in [4.69, 9.17) is 5.11 Å². The highest BCUT2D eigenvalue weighted by molar-refractivity contribution is 7.91. The quantitative estimate of drug-likeness (QED) is 0.884. The molecule has 0 bridgehead atoms. The first-order valence-electron chi connectivity index (χ1n) is 6.12. The number of aromatic carboxylic acids is 1. The second-order valence-electron chi connectivity index (χ2n) is 4.82. The summed E-state index contributed by atoms with van der Waals surface area (Å²) in [5, 5.41) is 9.08. The Morgan fingerprint density at radius 1 is 1.25 bits per heavy atom. The first kappa shape index (κ1) is 14.5. The van der Waals surface area contributed by atoms with E-state index in [-0.39, 0.29) is 22.6 Å². The molecule has 1 unspecified atom stereocenters. The van der Waals surface area contributed by atoms with Crippen molar-refractivity contribution in [1.82, 2.24) is 4.90 Å². The molecule has 6 nitrogen and oxygen atoms in total. The monoisotopic (exact) mass is 297 g/mol. The molecule has 1 aliphatic rings. The Bertz CT molecular complexity index is 652. The maximum absolute atomic E-state index is 12.3. The number of benzene rings is 1. The van der Waals surface area contributed by atoms with Gasteiger partial charge in [-0.3, -0.25) is 4.79 Å². The molecule has 1 saturated heterocycles. The third kappa shape index (κ3) is 2.82. The molecule has 1 aliphatic heterocycles. The fourth-order valence-corrected chi connectivity index (χ4v) is 4.07. The minimum atomic E-state index is -3.09. The predicted octanol–water partition coefficient (Wildman–Crippen LogP) is 0.644. The Morgan fingerprint density at radius 2 is 1.85 bits per heavy atom. The number of amides is 1. The van der Waals surface area contributed by atoms with Crippen LogP contribution in [0.2, 0.25) is 0 Å². The van der Waals surface area contributed by atoms with Crippen molar-refractivity contribution in [1.29, 1.82) is 0 Å². The van der Waals surface area contributed by atoms with Crippen molar-refractivity contribution in [2.75, 3.05) is 18.6 Å². The van der Waals surface area contributed by atoms with Gasteiger partial charge in [0.25, 0.3) is 5.91 Å². The van der Waals surface area contributed by atoms with Gasteiger partial charge < -0.3 is 10.0 Å². The summed E-state index contributed by atoms with van der Waals surface area (Å²) in [4.78, 5) is 24.8. The molecule has 1 atom stereocenters. The standard InChI is InChI=1S/C13H15NO5S/c1-14(9-6-7-20(18,19)8-9)12(15)10-4-2-3-5-11(10)13(16)17/h2-5,9H,6-8H2,1H3,(H,16,17). The third-order valence-electron chi connectivity index (χ3n) is 3.46. The Labute approximate surface area is 116 Å². The van der Waals surface area contributed by atoms with Crippen LogP contribution in [0.25, 0.3) is 0 Å². The van der Waals surface area contributed by atoms with Gasteiger partial charge in [-0.2, -0.15) is 0 Å². The van der Waals surface area contributed by atoms with E-state index in [0.717, 1.165) is 0 Å². The molecule has 1 fully saturated rings. The van der Waals surface area contributed by atoms with Crippen LogP contribution in [0, 0.1) is 0 Å². The lowest BCUT2D eigenvalue weighted by atomic mass is 10.1. The van der Waals surface area contributed by atoms with Crippen LogP contribution in [0.3, 0.4) is 0 Å². The van der Waals surface area contributed by atoms with E-state index in [1.807, 2.05) is 0 Å². The Hall–Kier alpha value is -1.89. The number of carbonyl (C=O) groups is 2. The highest BCUT2D eigenvalue weighted by atomic mass is 32.2. The molecule has 1 aromatic rings. The average Bonchev–Trinajstić information content (AvgIpc) is 2.77. The minimum absolute atomic E-state index is 0.0650. The number of hydrogen-bond acceptors (Lipinski definition) is 4. The lowest BCUT2D eigenvalue weighted by Gasteiger charge is -2.24. The maximum Gasteiger partial charge on any atom is 0.336 e. The first-order valence-corrected chi connectivity index (χ1v) is 7.94. The second kappa shape index (κ2) is 5.24. The number of carboxylic acids is 1. The molecule has 1 aromatic carbocycles. The van der Waals surface area contributed by atoms with Crippen molar-refractivity contribution in [2.24, 2.45) is 0 Å². The van der Waals surface area contributed by atoms with Crippen molar-refractivity contribution in [3.8, 4) is 0 Å². The number of nitrogens with zero attached hydrogens (tertiary/aromatic N) is 1. The summed E-state index contributed by atoms with van der Waals surface area (Å²) >= 11 is 0.